The van der Waals surface area contributed by atoms with E-state index in [0.717, 1.165) is 12.8 Å². The Morgan fingerprint density at radius 1 is 1.42 bits per heavy atom. The van der Waals surface area contributed by atoms with Gasteiger partial charge in [0.2, 0.25) is 5.91 Å². The summed E-state index contributed by atoms with van der Waals surface area (Å²) in [6.07, 6.45) is 4.72. The van der Waals surface area contributed by atoms with Crippen molar-refractivity contribution in [2.75, 3.05) is 13.1 Å². The van der Waals surface area contributed by atoms with Gasteiger partial charge in [-0.2, -0.15) is 5.10 Å². The minimum Gasteiger partial charge on any atom is -0.388 e. The number of halogens is 1. The van der Waals surface area contributed by atoms with Crippen LogP contribution in [0.4, 0.5) is 4.39 Å². The summed E-state index contributed by atoms with van der Waals surface area (Å²) in [7, 11) is 1.90. The van der Waals surface area contributed by atoms with Crippen molar-refractivity contribution in [3.05, 3.63) is 53.6 Å². The van der Waals surface area contributed by atoms with Gasteiger partial charge in [0.1, 0.15) is 5.82 Å². The van der Waals surface area contributed by atoms with Gasteiger partial charge in [-0.15, -0.1) is 0 Å². The average molecular weight is 331 g/mol. The molecule has 0 bridgehead atoms. The number of carbonyl (C=O) groups excluding carboxylic acids is 1. The molecule has 6 heteroatoms. The lowest BCUT2D eigenvalue weighted by Gasteiger charge is -2.32. The van der Waals surface area contributed by atoms with Gasteiger partial charge in [0.25, 0.3) is 0 Å². The summed E-state index contributed by atoms with van der Waals surface area (Å²) in [4.78, 5) is 14.2. The molecule has 0 radical (unpaired) electrons. The zero-order chi connectivity index (χ0) is 17.1. The molecule has 128 valence electrons. The molecule has 3 rings (SSSR count). The quantitative estimate of drug-likeness (QED) is 0.936. The zero-order valence-electron chi connectivity index (χ0n) is 13.7. The molecule has 1 aromatic heterocycles. The Morgan fingerprint density at radius 3 is 2.79 bits per heavy atom. The molecule has 1 aliphatic rings. The number of nitrogens with zero attached hydrogens (tertiary/aromatic N) is 3. The molecule has 1 saturated heterocycles. The van der Waals surface area contributed by atoms with Crippen LogP contribution in [0.2, 0.25) is 0 Å². The molecule has 5 nitrogen and oxygen atoms in total. The van der Waals surface area contributed by atoms with E-state index in [1.54, 1.807) is 15.6 Å². The van der Waals surface area contributed by atoms with Crippen molar-refractivity contribution in [2.24, 2.45) is 7.05 Å². The second-order valence-corrected chi connectivity index (χ2v) is 6.38. The first-order valence-corrected chi connectivity index (χ1v) is 8.23. The Hall–Kier alpha value is -2.21. The molecule has 1 atom stereocenters. The van der Waals surface area contributed by atoms with Crippen LogP contribution in [0.15, 0.2) is 36.7 Å². The third kappa shape index (κ3) is 3.82. The van der Waals surface area contributed by atoms with Crippen molar-refractivity contribution < 1.29 is 14.3 Å². The molecule has 1 amide bonds. The lowest BCUT2D eigenvalue weighted by molar-refractivity contribution is -0.134. The van der Waals surface area contributed by atoms with E-state index in [2.05, 4.69) is 5.10 Å². The van der Waals surface area contributed by atoms with Crippen molar-refractivity contribution in [2.45, 2.75) is 31.3 Å². The van der Waals surface area contributed by atoms with Gasteiger partial charge in [0, 0.05) is 26.3 Å². The first kappa shape index (κ1) is 16.6. The van der Waals surface area contributed by atoms with Crippen LogP contribution >= 0.6 is 0 Å². The number of benzene rings is 1. The molecule has 1 fully saturated rings. The van der Waals surface area contributed by atoms with E-state index in [4.69, 9.17) is 0 Å². The fourth-order valence-electron chi connectivity index (χ4n) is 3.24. The first-order chi connectivity index (χ1) is 11.5. The Kier molecular flexibility index (Phi) is 4.94. The summed E-state index contributed by atoms with van der Waals surface area (Å²) >= 11 is 0. The lowest BCUT2D eigenvalue weighted by atomic mass is 9.91. The van der Waals surface area contributed by atoms with Gasteiger partial charge in [-0.3, -0.25) is 9.48 Å². The van der Waals surface area contributed by atoms with E-state index >= 15 is 0 Å². The minimum atomic E-state index is -0.968. The number of carbonyl (C=O) groups is 1. The van der Waals surface area contributed by atoms with Crippen molar-refractivity contribution >= 4 is 5.91 Å². The molecule has 1 N–H and O–H groups in total. The maximum atomic E-state index is 13.2. The van der Waals surface area contributed by atoms with Crippen LogP contribution in [0.5, 0.6) is 0 Å². The number of likely N-dealkylation sites (tertiary alicyclic amines) is 1. The third-order valence-corrected chi connectivity index (χ3v) is 4.65. The largest absolute Gasteiger partial charge is 0.388 e. The summed E-state index contributed by atoms with van der Waals surface area (Å²) in [5, 5.41) is 14.4. The van der Waals surface area contributed by atoms with Crippen molar-refractivity contribution in [3.8, 4) is 0 Å². The molecule has 24 heavy (non-hydrogen) atoms. The summed E-state index contributed by atoms with van der Waals surface area (Å²) in [5.41, 5.74) is 1.65. The predicted molar refractivity (Wildman–Crippen MR) is 87.7 cm³/mol. The van der Waals surface area contributed by atoms with Gasteiger partial charge in [0.15, 0.2) is 0 Å². The minimum absolute atomic E-state index is 0.0129. The maximum Gasteiger partial charge on any atom is 0.225 e. The molecule has 0 saturated carbocycles. The van der Waals surface area contributed by atoms with E-state index < -0.39 is 11.9 Å². The van der Waals surface area contributed by atoms with Gasteiger partial charge >= 0.3 is 0 Å². The topological polar surface area (TPSA) is 58.4 Å². The van der Waals surface area contributed by atoms with Crippen LogP contribution in [0.25, 0.3) is 0 Å². The number of hydrogen-bond donors (Lipinski definition) is 1. The fraction of sp³-hybridized carbons (Fsp3) is 0.444. The van der Waals surface area contributed by atoms with Gasteiger partial charge in [-0.1, -0.05) is 12.1 Å². The Bertz CT molecular complexity index is 708. The fourth-order valence-corrected chi connectivity index (χ4v) is 3.24. The SMILES string of the molecule is Cn1cc(C2CCN(C(=O)CC(O)c3cccc(F)c3)CC2)cn1. The summed E-state index contributed by atoms with van der Waals surface area (Å²) in [5.74, 6) is -0.0661. The summed E-state index contributed by atoms with van der Waals surface area (Å²) in [6, 6.07) is 5.77. The standard InChI is InChI=1S/C18H22FN3O2/c1-21-12-15(11-20-21)13-5-7-22(8-6-13)18(24)10-17(23)14-3-2-4-16(19)9-14/h2-4,9,11-13,17,23H,5-8,10H2,1H3. The molecule has 0 spiro atoms. The Morgan fingerprint density at radius 2 is 2.17 bits per heavy atom. The number of aryl methyl sites for hydroxylation is 1. The highest BCUT2D eigenvalue weighted by Crippen LogP contribution is 2.28. The van der Waals surface area contributed by atoms with Gasteiger partial charge in [-0.25, -0.2) is 4.39 Å². The van der Waals surface area contributed by atoms with Crippen LogP contribution in [-0.4, -0.2) is 38.8 Å². The maximum absolute atomic E-state index is 13.2. The van der Waals surface area contributed by atoms with Crippen molar-refractivity contribution in [3.63, 3.8) is 0 Å². The molecule has 1 aromatic carbocycles. The number of aliphatic hydroxyl groups is 1. The van der Waals surface area contributed by atoms with Gasteiger partial charge in [0.05, 0.1) is 18.7 Å². The van der Waals surface area contributed by atoms with Crippen molar-refractivity contribution in [1.29, 1.82) is 0 Å². The molecule has 1 aliphatic heterocycles. The van der Waals surface area contributed by atoms with Gasteiger partial charge in [-0.05, 0) is 42.0 Å². The summed E-state index contributed by atoms with van der Waals surface area (Å²) in [6.45, 7) is 1.35. The number of hydrogen-bond acceptors (Lipinski definition) is 3. The number of piperidine rings is 1. The molecule has 2 heterocycles. The van der Waals surface area contributed by atoms with E-state index in [-0.39, 0.29) is 12.3 Å². The molecule has 0 aliphatic carbocycles. The molecule has 1 unspecified atom stereocenters. The van der Waals surface area contributed by atoms with Crippen molar-refractivity contribution in [1.82, 2.24) is 14.7 Å². The van der Waals surface area contributed by atoms with Crippen LogP contribution in [0.3, 0.4) is 0 Å². The van der Waals surface area contributed by atoms with E-state index in [9.17, 15) is 14.3 Å². The Labute approximate surface area is 140 Å². The third-order valence-electron chi connectivity index (χ3n) is 4.65. The number of aromatic nitrogens is 2. The van der Waals surface area contributed by atoms with Crippen LogP contribution in [-0.2, 0) is 11.8 Å². The van der Waals surface area contributed by atoms with Crippen LogP contribution < -0.4 is 0 Å². The van der Waals surface area contributed by atoms with E-state index in [1.807, 2.05) is 19.4 Å². The number of amides is 1. The average Bonchev–Trinajstić information content (AvgIpc) is 3.01. The number of rotatable bonds is 4. The second kappa shape index (κ2) is 7.13. The van der Waals surface area contributed by atoms with Crippen LogP contribution in [0, 0.1) is 5.82 Å². The first-order valence-electron chi connectivity index (χ1n) is 8.23. The highest BCUT2D eigenvalue weighted by Gasteiger charge is 2.26. The zero-order valence-corrected chi connectivity index (χ0v) is 13.7. The summed E-state index contributed by atoms with van der Waals surface area (Å²) < 4.78 is 15.0. The highest BCUT2D eigenvalue weighted by molar-refractivity contribution is 5.77. The van der Waals surface area contributed by atoms with E-state index in [0.29, 0.717) is 24.6 Å². The smallest absolute Gasteiger partial charge is 0.225 e. The number of aliphatic hydroxyl groups excluding tert-OH is 1. The van der Waals surface area contributed by atoms with Crippen LogP contribution in [0.1, 0.15) is 42.4 Å². The molecular formula is C18H22FN3O2. The predicted octanol–water partition coefficient (Wildman–Crippen LogP) is 2.39. The van der Waals surface area contributed by atoms with Gasteiger partial charge < -0.3 is 10.0 Å². The molecule has 2 aromatic rings. The molecular weight excluding hydrogens is 309 g/mol. The van der Waals surface area contributed by atoms with E-state index in [1.165, 1.54) is 23.8 Å². The normalized spacial score (nSPS) is 17.0. The Balaban J connectivity index is 1.53. The lowest BCUT2D eigenvalue weighted by Crippen LogP contribution is -2.38. The highest BCUT2D eigenvalue weighted by atomic mass is 19.1. The monoisotopic (exact) mass is 331 g/mol. The second-order valence-electron chi connectivity index (χ2n) is 6.38.